The fourth-order valence-electron chi connectivity index (χ4n) is 2.24. The Kier molecular flexibility index (Phi) is 9.48. The minimum atomic E-state index is -0.974. The van der Waals surface area contributed by atoms with E-state index in [-0.39, 0.29) is 25.5 Å². The highest BCUT2D eigenvalue weighted by molar-refractivity contribution is 5.79. The van der Waals surface area contributed by atoms with E-state index in [1.165, 1.54) is 0 Å². The summed E-state index contributed by atoms with van der Waals surface area (Å²) in [6.45, 7) is 9.27. The molecule has 0 spiro atoms. The normalized spacial score (nSPS) is 12.2. The molecule has 0 saturated carbocycles. The first-order chi connectivity index (χ1) is 13.1. The molecule has 1 N–H and O–H groups in total. The van der Waals surface area contributed by atoms with Crippen molar-refractivity contribution in [1.82, 2.24) is 5.32 Å². The van der Waals surface area contributed by atoms with Gasteiger partial charge in [-0.15, -0.1) is 0 Å². The van der Waals surface area contributed by atoms with Gasteiger partial charge >= 0.3 is 18.0 Å². The zero-order valence-corrected chi connectivity index (χ0v) is 17.3. The molecule has 7 nitrogen and oxygen atoms in total. The number of carbonyl (C=O) groups is 3. The third kappa shape index (κ3) is 10.5. The average molecular weight is 393 g/mol. The van der Waals surface area contributed by atoms with Crippen LogP contribution in [0, 0.1) is 5.92 Å². The summed E-state index contributed by atoms with van der Waals surface area (Å²) < 4.78 is 15.7. The number of alkyl carbamates (subject to hydrolysis) is 1. The van der Waals surface area contributed by atoms with Crippen molar-refractivity contribution in [3.63, 3.8) is 0 Å². The van der Waals surface area contributed by atoms with Gasteiger partial charge in [-0.1, -0.05) is 44.2 Å². The lowest BCUT2D eigenvalue weighted by molar-refractivity contribution is -0.169. The van der Waals surface area contributed by atoms with Gasteiger partial charge in [0.05, 0.1) is 6.42 Å². The van der Waals surface area contributed by atoms with Gasteiger partial charge < -0.3 is 19.5 Å². The average Bonchev–Trinajstić information content (AvgIpc) is 2.58. The van der Waals surface area contributed by atoms with E-state index in [0.29, 0.717) is 6.42 Å². The number of rotatable bonds is 9. The Bertz CT molecular complexity index is 636. The van der Waals surface area contributed by atoms with E-state index >= 15 is 0 Å². The predicted molar refractivity (Wildman–Crippen MR) is 104 cm³/mol. The number of amides is 1. The van der Waals surface area contributed by atoms with E-state index < -0.39 is 29.7 Å². The van der Waals surface area contributed by atoms with Gasteiger partial charge in [0, 0.05) is 6.54 Å². The highest BCUT2D eigenvalue weighted by atomic mass is 16.6. The van der Waals surface area contributed by atoms with Crippen molar-refractivity contribution in [2.45, 2.75) is 65.8 Å². The largest absolute Gasteiger partial charge is 0.458 e. The van der Waals surface area contributed by atoms with E-state index in [2.05, 4.69) is 5.32 Å². The molecular weight excluding hydrogens is 362 g/mol. The molecule has 0 fully saturated rings. The Hall–Kier alpha value is -2.57. The van der Waals surface area contributed by atoms with Gasteiger partial charge in [-0.05, 0) is 38.7 Å². The molecular formula is C21H31NO6. The number of esters is 2. The van der Waals surface area contributed by atoms with Gasteiger partial charge in [0.15, 0.2) is 6.10 Å². The van der Waals surface area contributed by atoms with Crippen molar-refractivity contribution in [1.29, 1.82) is 0 Å². The molecule has 0 bridgehead atoms. The van der Waals surface area contributed by atoms with Crippen LogP contribution < -0.4 is 5.32 Å². The lowest BCUT2D eigenvalue weighted by Crippen LogP contribution is -2.35. The SMILES string of the molecule is CC(C)C[C@H](OC(=O)CCNC(=O)OC(C)(C)C)C(=O)OCc1ccccc1. The van der Waals surface area contributed by atoms with Crippen LogP contribution in [0.4, 0.5) is 4.79 Å². The smallest absolute Gasteiger partial charge is 0.407 e. The standard InChI is InChI=1S/C21H31NO6/c1-15(2)13-17(19(24)26-14-16-9-7-6-8-10-16)27-18(23)11-12-22-20(25)28-21(3,4)5/h6-10,15,17H,11-14H2,1-5H3,(H,22,25)/t17-/m0/s1. The fraction of sp³-hybridized carbons (Fsp3) is 0.571. The molecule has 1 aromatic rings. The molecule has 1 amide bonds. The summed E-state index contributed by atoms with van der Waals surface area (Å²) in [4.78, 5) is 36.0. The summed E-state index contributed by atoms with van der Waals surface area (Å²) in [5, 5.41) is 2.48. The molecule has 0 heterocycles. The van der Waals surface area contributed by atoms with Crippen LogP contribution in [0.15, 0.2) is 30.3 Å². The first kappa shape index (κ1) is 23.5. The third-order valence-electron chi connectivity index (χ3n) is 3.44. The van der Waals surface area contributed by atoms with Gasteiger partial charge in [0.25, 0.3) is 0 Å². The first-order valence-electron chi connectivity index (χ1n) is 9.43. The zero-order valence-electron chi connectivity index (χ0n) is 17.3. The topological polar surface area (TPSA) is 90.9 Å². The van der Waals surface area contributed by atoms with Crippen molar-refractivity contribution in [2.24, 2.45) is 5.92 Å². The van der Waals surface area contributed by atoms with E-state index in [0.717, 1.165) is 5.56 Å². The maximum Gasteiger partial charge on any atom is 0.407 e. The van der Waals surface area contributed by atoms with Crippen LogP contribution in [0.1, 0.15) is 53.0 Å². The molecule has 1 atom stereocenters. The summed E-state index contributed by atoms with van der Waals surface area (Å²) in [6.07, 6.45) is -1.29. The Morgan fingerprint density at radius 1 is 1.07 bits per heavy atom. The van der Waals surface area contributed by atoms with Gasteiger partial charge in [0.1, 0.15) is 12.2 Å². The van der Waals surface area contributed by atoms with E-state index in [4.69, 9.17) is 14.2 Å². The van der Waals surface area contributed by atoms with Crippen LogP contribution in [0.3, 0.4) is 0 Å². The molecule has 0 aliphatic carbocycles. The van der Waals surface area contributed by atoms with Gasteiger partial charge in [-0.3, -0.25) is 4.79 Å². The molecule has 156 valence electrons. The number of hydrogen-bond acceptors (Lipinski definition) is 6. The number of hydrogen-bond donors (Lipinski definition) is 1. The Balaban J connectivity index is 2.47. The summed E-state index contributed by atoms with van der Waals surface area (Å²) >= 11 is 0. The summed E-state index contributed by atoms with van der Waals surface area (Å²) in [6, 6.07) is 9.27. The van der Waals surface area contributed by atoms with Crippen molar-refractivity contribution < 1.29 is 28.6 Å². The third-order valence-corrected chi connectivity index (χ3v) is 3.44. The monoisotopic (exact) mass is 393 g/mol. The molecule has 0 aromatic heterocycles. The predicted octanol–water partition coefficient (Wildman–Crippen LogP) is 3.60. The second kappa shape index (κ2) is 11.3. The molecule has 0 saturated heterocycles. The number of carbonyl (C=O) groups excluding carboxylic acids is 3. The highest BCUT2D eigenvalue weighted by Crippen LogP contribution is 2.13. The quantitative estimate of drug-likeness (QED) is 0.509. The van der Waals surface area contributed by atoms with Crippen molar-refractivity contribution in [3.8, 4) is 0 Å². The van der Waals surface area contributed by atoms with Crippen LogP contribution in [0.2, 0.25) is 0 Å². The minimum Gasteiger partial charge on any atom is -0.458 e. The molecule has 28 heavy (non-hydrogen) atoms. The molecule has 1 aromatic carbocycles. The number of benzene rings is 1. The van der Waals surface area contributed by atoms with Gasteiger partial charge in [-0.25, -0.2) is 9.59 Å². The summed E-state index contributed by atoms with van der Waals surface area (Å²) in [5.41, 5.74) is 0.238. The number of nitrogens with one attached hydrogen (secondary N) is 1. The fourth-order valence-corrected chi connectivity index (χ4v) is 2.24. The van der Waals surface area contributed by atoms with Gasteiger partial charge in [-0.2, -0.15) is 0 Å². The molecule has 1 rings (SSSR count). The Morgan fingerprint density at radius 2 is 1.71 bits per heavy atom. The van der Waals surface area contributed by atoms with Crippen LogP contribution in [0.5, 0.6) is 0 Å². The second-order valence-electron chi connectivity index (χ2n) is 7.88. The zero-order chi connectivity index (χ0) is 21.2. The van der Waals surface area contributed by atoms with E-state index in [9.17, 15) is 14.4 Å². The maximum atomic E-state index is 12.3. The van der Waals surface area contributed by atoms with Crippen LogP contribution in [0.25, 0.3) is 0 Å². The lowest BCUT2D eigenvalue weighted by Gasteiger charge is -2.20. The molecule has 7 heteroatoms. The molecule has 0 aliphatic rings. The number of ether oxygens (including phenoxy) is 3. The Labute approximate surface area is 166 Å². The second-order valence-corrected chi connectivity index (χ2v) is 7.88. The first-order valence-corrected chi connectivity index (χ1v) is 9.43. The van der Waals surface area contributed by atoms with E-state index in [1.807, 2.05) is 44.2 Å². The van der Waals surface area contributed by atoms with Crippen LogP contribution >= 0.6 is 0 Å². The van der Waals surface area contributed by atoms with Crippen molar-refractivity contribution in [2.75, 3.05) is 6.54 Å². The summed E-state index contributed by atoms with van der Waals surface area (Å²) in [5.74, 6) is -1.02. The maximum absolute atomic E-state index is 12.3. The summed E-state index contributed by atoms with van der Waals surface area (Å²) in [7, 11) is 0. The molecule has 0 radical (unpaired) electrons. The van der Waals surface area contributed by atoms with E-state index in [1.54, 1.807) is 20.8 Å². The molecule has 0 aliphatic heterocycles. The van der Waals surface area contributed by atoms with Crippen molar-refractivity contribution in [3.05, 3.63) is 35.9 Å². The minimum absolute atomic E-state index is 0.0568. The van der Waals surface area contributed by atoms with Crippen molar-refractivity contribution >= 4 is 18.0 Å². The molecule has 0 unspecified atom stereocenters. The van der Waals surface area contributed by atoms with Gasteiger partial charge in [0.2, 0.25) is 0 Å². The van der Waals surface area contributed by atoms with Crippen LogP contribution in [-0.4, -0.2) is 36.3 Å². The highest BCUT2D eigenvalue weighted by Gasteiger charge is 2.26. The Morgan fingerprint density at radius 3 is 2.29 bits per heavy atom. The lowest BCUT2D eigenvalue weighted by atomic mass is 10.1. The van der Waals surface area contributed by atoms with Crippen LogP contribution in [-0.2, 0) is 30.4 Å².